The van der Waals surface area contributed by atoms with E-state index in [1.807, 2.05) is 20.8 Å². The smallest absolute Gasteiger partial charge is 0.407 e. The van der Waals surface area contributed by atoms with Crippen molar-refractivity contribution in [2.24, 2.45) is 17.8 Å². The van der Waals surface area contributed by atoms with E-state index in [1.165, 1.54) is 38.8 Å². The molecule has 2 bridgehead atoms. The Labute approximate surface area is 135 Å². The number of amides is 1. The summed E-state index contributed by atoms with van der Waals surface area (Å²) < 4.78 is 5.35. The molecule has 4 heteroatoms. The van der Waals surface area contributed by atoms with Gasteiger partial charge in [0.05, 0.1) is 0 Å². The predicted molar refractivity (Wildman–Crippen MR) is 87.7 cm³/mol. The fourth-order valence-electron chi connectivity index (χ4n) is 5.02. The van der Waals surface area contributed by atoms with Gasteiger partial charge in [-0.05, 0) is 90.6 Å². The minimum atomic E-state index is -0.418. The Balaban J connectivity index is 1.47. The highest BCUT2D eigenvalue weighted by Gasteiger charge is 2.47. The summed E-state index contributed by atoms with van der Waals surface area (Å²) >= 11 is 0. The molecule has 4 atom stereocenters. The van der Waals surface area contributed by atoms with Crippen LogP contribution in [0.5, 0.6) is 0 Å². The van der Waals surface area contributed by atoms with Gasteiger partial charge in [-0.3, -0.25) is 0 Å². The molecule has 4 aliphatic rings. The number of hydrogen-bond donors (Lipinski definition) is 1. The summed E-state index contributed by atoms with van der Waals surface area (Å²) in [7, 11) is 0. The first-order valence-electron chi connectivity index (χ1n) is 9.05. The lowest BCUT2D eigenvalue weighted by atomic mass is 9.75. The van der Waals surface area contributed by atoms with E-state index in [4.69, 9.17) is 4.74 Å². The average Bonchev–Trinajstić information content (AvgIpc) is 2.82. The molecule has 0 aromatic carbocycles. The molecule has 22 heavy (non-hydrogen) atoms. The fourth-order valence-corrected chi connectivity index (χ4v) is 5.02. The molecule has 126 valence electrons. The Morgan fingerprint density at radius 1 is 1.27 bits per heavy atom. The normalized spacial score (nSPS) is 38.5. The lowest BCUT2D eigenvalue weighted by molar-refractivity contribution is 0.00792. The van der Waals surface area contributed by atoms with E-state index < -0.39 is 5.60 Å². The number of carbonyl (C=O) groups is 1. The predicted octanol–water partition coefficient (Wildman–Crippen LogP) is 3.41. The van der Waals surface area contributed by atoms with Crippen molar-refractivity contribution >= 4 is 6.09 Å². The van der Waals surface area contributed by atoms with E-state index in [-0.39, 0.29) is 12.1 Å². The zero-order chi connectivity index (χ0) is 15.9. The van der Waals surface area contributed by atoms with Crippen LogP contribution >= 0.6 is 0 Å². The topological polar surface area (TPSA) is 41.6 Å². The van der Waals surface area contributed by atoms with Crippen molar-refractivity contribution in [2.45, 2.75) is 77.5 Å². The Hall–Kier alpha value is -0.770. The van der Waals surface area contributed by atoms with Gasteiger partial charge >= 0.3 is 6.09 Å². The van der Waals surface area contributed by atoms with E-state index >= 15 is 0 Å². The number of nitrogens with one attached hydrogen (secondary N) is 1. The molecule has 1 N–H and O–H groups in total. The summed E-state index contributed by atoms with van der Waals surface area (Å²) in [4.78, 5) is 14.6. The highest BCUT2D eigenvalue weighted by atomic mass is 16.6. The highest BCUT2D eigenvalue weighted by Crippen LogP contribution is 2.48. The van der Waals surface area contributed by atoms with E-state index in [9.17, 15) is 4.79 Å². The second-order valence-electron chi connectivity index (χ2n) is 8.73. The van der Waals surface area contributed by atoms with Gasteiger partial charge in [-0.25, -0.2) is 4.79 Å². The molecule has 1 saturated carbocycles. The second-order valence-corrected chi connectivity index (χ2v) is 8.73. The van der Waals surface area contributed by atoms with E-state index in [0.717, 1.165) is 30.2 Å². The first kappa shape index (κ1) is 16.1. The molecule has 3 heterocycles. The molecule has 3 saturated heterocycles. The zero-order valence-electron chi connectivity index (χ0n) is 14.6. The minimum Gasteiger partial charge on any atom is -0.444 e. The Bertz CT molecular complexity index is 390. The van der Waals surface area contributed by atoms with Crippen LogP contribution in [0.3, 0.4) is 0 Å². The van der Waals surface area contributed by atoms with E-state index in [1.54, 1.807) is 0 Å². The van der Waals surface area contributed by atoms with E-state index in [2.05, 4.69) is 17.1 Å². The third kappa shape index (κ3) is 3.58. The third-order valence-electron chi connectivity index (χ3n) is 5.77. The van der Waals surface area contributed by atoms with Gasteiger partial charge in [-0.15, -0.1) is 0 Å². The summed E-state index contributed by atoms with van der Waals surface area (Å²) in [6.45, 7) is 10.5. The van der Waals surface area contributed by atoms with Crippen molar-refractivity contribution in [3.05, 3.63) is 0 Å². The number of fused-ring (bicyclic) bond motifs is 2. The monoisotopic (exact) mass is 308 g/mol. The van der Waals surface area contributed by atoms with Crippen LogP contribution in [0.4, 0.5) is 4.79 Å². The van der Waals surface area contributed by atoms with E-state index in [0.29, 0.717) is 0 Å². The van der Waals surface area contributed by atoms with Crippen LogP contribution in [0.25, 0.3) is 0 Å². The molecule has 4 unspecified atom stereocenters. The molecule has 0 spiro atoms. The first-order chi connectivity index (χ1) is 10.3. The average molecular weight is 308 g/mol. The maximum Gasteiger partial charge on any atom is 0.407 e. The van der Waals surface area contributed by atoms with Crippen LogP contribution < -0.4 is 5.32 Å². The molecule has 1 amide bonds. The quantitative estimate of drug-likeness (QED) is 0.868. The Kier molecular flexibility index (Phi) is 4.41. The number of carbonyl (C=O) groups excluding carboxylic acids is 1. The number of alkyl carbamates (subject to hydrolysis) is 1. The molecule has 1 aliphatic carbocycles. The summed E-state index contributed by atoms with van der Waals surface area (Å²) in [5.74, 6) is 2.68. The largest absolute Gasteiger partial charge is 0.444 e. The summed E-state index contributed by atoms with van der Waals surface area (Å²) in [6, 6.07) is 1.04. The van der Waals surface area contributed by atoms with Gasteiger partial charge < -0.3 is 15.0 Å². The first-order valence-corrected chi connectivity index (χ1v) is 9.05. The highest BCUT2D eigenvalue weighted by molar-refractivity contribution is 5.68. The van der Waals surface area contributed by atoms with Gasteiger partial charge in [0, 0.05) is 12.1 Å². The van der Waals surface area contributed by atoms with Gasteiger partial charge in [0.25, 0.3) is 0 Å². The third-order valence-corrected chi connectivity index (χ3v) is 5.77. The zero-order valence-corrected chi connectivity index (χ0v) is 14.6. The number of rotatable bonds is 3. The minimum absolute atomic E-state index is 0.202. The van der Waals surface area contributed by atoms with Crippen molar-refractivity contribution < 1.29 is 9.53 Å². The number of ether oxygens (including phenoxy) is 1. The lowest BCUT2D eigenvalue weighted by Gasteiger charge is -2.48. The van der Waals surface area contributed by atoms with Gasteiger partial charge in [-0.1, -0.05) is 0 Å². The molecule has 0 radical (unpaired) electrons. The second kappa shape index (κ2) is 6.03. The number of nitrogens with zero attached hydrogens (tertiary/aromatic N) is 1. The molecule has 0 aromatic heterocycles. The van der Waals surface area contributed by atoms with Crippen molar-refractivity contribution in [3.8, 4) is 0 Å². The molecule has 4 fully saturated rings. The van der Waals surface area contributed by atoms with Crippen LogP contribution in [0.2, 0.25) is 0 Å². The van der Waals surface area contributed by atoms with Gasteiger partial charge in [0.2, 0.25) is 0 Å². The van der Waals surface area contributed by atoms with Crippen molar-refractivity contribution in [2.75, 3.05) is 13.1 Å². The molecule has 4 rings (SSSR count). The van der Waals surface area contributed by atoms with Crippen molar-refractivity contribution in [3.63, 3.8) is 0 Å². The van der Waals surface area contributed by atoms with Crippen LogP contribution in [-0.2, 0) is 4.74 Å². The SMILES string of the molecule is CC(CC1CC2C3CCN(CC3)C2C1)NC(=O)OC(C)(C)C. The van der Waals surface area contributed by atoms with Crippen LogP contribution in [0, 0.1) is 17.8 Å². The van der Waals surface area contributed by atoms with Crippen LogP contribution in [-0.4, -0.2) is 41.8 Å². The summed E-state index contributed by atoms with van der Waals surface area (Å²) in [5.41, 5.74) is -0.418. The van der Waals surface area contributed by atoms with Gasteiger partial charge in [0.15, 0.2) is 0 Å². The van der Waals surface area contributed by atoms with Crippen molar-refractivity contribution in [1.29, 1.82) is 0 Å². The van der Waals surface area contributed by atoms with Crippen molar-refractivity contribution in [1.82, 2.24) is 10.2 Å². The molecule has 3 aliphatic heterocycles. The lowest BCUT2D eigenvalue weighted by Crippen LogP contribution is -2.52. The maximum atomic E-state index is 11.9. The number of hydrogen-bond acceptors (Lipinski definition) is 3. The van der Waals surface area contributed by atoms with Crippen LogP contribution in [0.1, 0.15) is 59.8 Å². The summed E-state index contributed by atoms with van der Waals surface area (Å²) in [6.07, 6.45) is 6.35. The molecular formula is C18H32N2O2. The fraction of sp³-hybridized carbons (Fsp3) is 0.944. The van der Waals surface area contributed by atoms with Gasteiger partial charge in [0.1, 0.15) is 5.60 Å². The number of piperidine rings is 3. The molecule has 4 nitrogen and oxygen atoms in total. The van der Waals surface area contributed by atoms with Gasteiger partial charge in [-0.2, -0.15) is 0 Å². The Morgan fingerprint density at radius 2 is 1.95 bits per heavy atom. The standard InChI is InChI=1S/C18H32N2O2/c1-12(19-17(21)22-18(2,3)4)9-13-10-15-14-5-7-20(8-6-14)16(15)11-13/h12-16H,5-11H2,1-4H3,(H,19,21). The summed E-state index contributed by atoms with van der Waals surface area (Å²) in [5, 5.41) is 3.01. The Morgan fingerprint density at radius 3 is 2.55 bits per heavy atom. The molecule has 0 aromatic rings. The maximum absolute atomic E-state index is 11.9. The van der Waals surface area contributed by atoms with Crippen LogP contribution in [0.15, 0.2) is 0 Å². The molecular weight excluding hydrogens is 276 g/mol.